The van der Waals surface area contributed by atoms with Gasteiger partial charge in [0.05, 0.1) is 4.75 Å². The Morgan fingerprint density at radius 3 is 1.91 bits per heavy atom. The molecule has 0 aromatic heterocycles. The van der Waals surface area contributed by atoms with E-state index < -0.39 is 21.1 Å². The number of rotatable bonds is 1. The lowest BCUT2D eigenvalue weighted by atomic mass is 10.1. The highest BCUT2D eigenvalue weighted by Crippen LogP contribution is 2.38. The van der Waals surface area contributed by atoms with Gasteiger partial charge in [-0.05, 0) is 13.8 Å². The zero-order chi connectivity index (χ0) is 8.91. The van der Waals surface area contributed by atoms with E-state index in [1.165, 1.54) is 0 Å². The molecule has 1 heterocycles. The Hall–Kier alpha value is 0.180. The fourth-order valence-electron chi connectivity index (χ4n) is 0.513. The number of thiol groups is 1. The molecule has 0 aliphatic carbocycles. The van der Waals surface area contributed by atoms with E-state index >= 15 is 0 Å². The zero-order valence-electron chi connectivity index (χ0n) is 6.07. The van der Waals surface area contributed by atoms with Gasteiger partial charge in [-0.25, -0.2) is 0 Å². The van der Waals surface area contributed by atoms with Crippen molar-refractivity contribution in [2.75, 3.05) is 0 Å². The molecule has 2 N–H and O–H groups in total. The van der Waals surface area contributed by atoms with Gasteiger partial charge in [0.2, 0.25) is 0 Å². The maximum Gasteiger partial charge on any atom is 0.407 e. The first-order valence-corrected chi connectivity index (χ1v) is 4.62. The van der Waals surface area contributed by atoms with Gasteiger partial charge in [-0.3, -0.25) is 5.73 Å². The van der Waals surface area contributed by atoms with Gasteiger partial charge in [0.1, 0.15) is 0 Å². The van der Waals surface area contributed by atoms with Gasteiger partial charge in [0.15, 0.2) is 0 Å². The van der Waals surface area contributed by atoms with Crippen LogP contribution in [0.25, 0.3) is 0 Å². The Morgan fingerprint density at radius 2 is 1.82 bits per heavy atom. The first kappa shape index (κ1) is 9.27. The third-order valence-electron chi connectivity index (χ3n) is 1.30. The molecule has 11 heavy (non-hydrogen) atoms. The normalized spacial score (nSPS) is 27.6. The molecule has 1 aliphatic heterocycles. The molecule has 7 heteroatoms. The third-order valence-corrected chi connectivity index (χ3v) is 2.52. The summed E-state index contributed by atoms with van der Waals surface area (Å²) >= 11 is 4.01. The molecule has 0 spiro atoms. The van der Waals surface area contributed by atoms with Gasteiger partial charge in [-0.2, -0.15) is 29.4 Å². The zero-order valence-corrected chi connectivity index (χ0v) is 7.78. The highest BCUT2D eigenvalue weighted by molar-refractivity contribution is 7.84. The first-order chi connectivity index (χ1) is 4.66. The molecule has 1 fully saturated rings. The van der Waals surface area contributed by atoms with Crippen LogP contribution in [-0.4, -0.2) is 19.1 Å². The quantitative estimate of drug-likeness (QED) is 0.562. The summed E-state index contributed by atoms with van der Waals surface area (Å²) in [5.74, 6) is -1.63. The summed E-state index contributed by atoms with van der Waals surface area (Å²) in [7, 11) is -3.85. The Morgan fingerprint density at radius 1 is 1.45 bits per heavy atom. The van der Waals surface area contributed by atoms with Crippen LogP contribution >= 0.6 is 12.6 Å². The van der Waals surface area contributed by atoms with Gasteiger partial charge in [0, 0.05) is 0 Å². The lowest BCUT2D eigenvalue weighted by Gasteiger charge is -2.43. The van der Waals surface area contributed by atoms with Crippen molar-refractivity contribution in [1.29, 1.82) is 0 Å². The fourth-order valence-corrected chi connectivity index (χ4v) is 1.76. The van der Waals surface area contributed by atoms with Crippen LogP contribution in [-0.2, 0) is 18.8 Å². The molecule has 1 rings (SSSR count). The minimum atomic E-state index is -3.85. The van der Waals surface area contributed by atoms with E-state index in [-0.39, 0.29) is 0 Å². The second-order valence-electron chi connectivity index (χ2n) is 2.80. The first-order valence-electron chi connectivity index (χ1n) is 2.84. The second kappa shape index (κ2) is 2.11. The Bertz CT molecular complexity index is 252. The van der Waals surface area contributed by atoms with Crippen LogP contribution in [0.15, 0.2) is 0 Å². The molecule has 1 saturated heterocycles. The monoisotopic (exact) mass is 199 g/mol. The number of nitrogens with two attached hydrogens (primary N) is 1. The predicted molar refractivity (Wildman–Crippen MR) is 41.1 cm³/mol. The SMILES string of the molecule is CC(C)(S)C1(N)OS(=O)(=O)O1. The van der Waals surface area contributed by atoms with Crippen LogP contribution in [0.3, 0.4) is 0 Å². The summed E-state index contributed by atoms with van der Waals surface area (Å²) in [6, 6.07) is 0. The van der Waals surface area contributed by atoms with Crippen LogP contribution in [0.4, 0.5) is 0 Å². The minimum Gasteiger partial charge on any atom is -0.277 e. The molecule has 5 nitrogen and oxygen atoms in total. The van der Waals surface area contributed by atoms with Crippen molar-refractivity contribution in [3.63, 3.8) is 0 Å². The molecule has 0 atom stereocenters. The maximum absolute atomic E-state index is 10.4. The van der Waals surface area contributed by atoms with Crippen molar-refractivity contribution in [2.45, 2.75) is 24.5 Å². The van der Waals surface area contributed by atoms with Gasteiger partial charge in [-0.15, -0.1) is 0 Å². The summed E-state index contributed by atoms with van der Waals surface area (Å²) in [6.45, 7) is 3.18. The highest BCUT2D eigenvalue weighted by Gasteiger charge is 2.58. The molecular formula is C4H9NO4S2. The van der Waals surface area contributed by atoms with Gasteiger partial charge in [0.25, 0.3) is 5.91 Å². The largest absolute Gasteiger partial charge is 0.407 e. The predicted octanol–water partition coefficient (Wildman–Crippen LogP) is -0.401. The van der Waals surface area contributed by atoms with Crippen LogP contribution in [0, 0.1) is 0 Å². The number of hydrogen-bond donors (Lipinski definition) is 2. The summed E-state index contributed by atoms with van der Waals surface area (Å²) in [6.07, 6.45) is 0. The molecular weight excluding hydrogens is 190 g/mol. The van der Waals surface area contributed by atoms with E-state index in [2.05, 4.69) is 21.0 Å². The second-order valence-corrected chi connectivity index (χ2v) is 5.07. The van der Waals surface area contributed by atoms with E-state index in [9.17, 15) is 8.42 Å². The van der Waals surface area contributed by atoms with Crippen molar-refractivity contribution in [2.24, 2.45) is 5.73 Å². The molecule has 0 aromatic carbocycles. The lowest BCUT2D eigenvalue weighted by Crippen LogP contribution is -2.67. The van der Waals surface area contributed by atoms with Gasteiger partial charge < -0.3 is 0 Å². The Balaban J connectivity index is 2.79. The lowest BCUT2D eigenvalue weighted by molar-refractivity contribution is -0.199. The van der Waals surface area contributed by atoms with E-state index in [0.29, 0.717) is 0 Å². The average Bonchev–Trinajstić information content (AvgIpc) is 1.55. The third kappa shape index (κ3) is 1.52. The van der Waals surface area contributed by atoms with Crippen LogP contribution in [0.5, 0.6) is 0 Å². The summed E-state index contributed by atoms with van der Waals surface area (Å²) in [5.41, 5.74) is 5.36. The van der Waals surface area contributed by atoms with Crippen molar-refractivity contribution in [3.8, 4) is 0 Å². The summed E-state index contributed by atoms with van der Waals surface area (Å²) in [4.78, 5) is 0. The van der Waals surface area contributed by atoms with Crippen molar-refractivity contribution in [3.05, 3.63) is 0 Å². The Kier molecular flexibility index (Phi) is 1.78. The van der Waals surface area contributed by atoms with E-state index in [1.54, 1.807) is 13.8 Å². The topological polar surface area (TPSA) is 78.6 Å². The molecule has 0 aromatic rings. The summed E-state index contributed by atoms with van der Waals surface area (Å²) < 4.78 is 28.6. The van der Waals surface area contributed by atoms with Crippen molar-refractivity contribution < 1.29 is 16.8 Å². The van der Waals surface area contributed by atoms with Crippen molar-refractivity contribution in [1.82, 2.24) is 0 Å². The fraction of sp³-hybridized carbons (Fsp3) is 1.00. The smallest absolute Gasteiger partial charge is 0.277 e. The molecule has 1 aliphatic rings. The molecule has 0 bridgehead atoms. The molecule has 0 radical (unpaired) electrons. The van der Waals surface area contributed by atoms with E-state index in [4.69, 9.17) is 5.73 Å². The van der Waals surface area contributed by atoms with Crippen LogP contribution < -0.4 is 5.73 Å². The van der Waals surface area contributed by atoms with Crippen LogP contribution in [0.2, 0.25) is 0 Å². The van der Waals surface area contributed by atoms with Gasteiger partial charge in [-0.1, -0.05) is 0 Å². The highest BCUT2D eigenvalue weighted by atomic mass is 32.3. The average molecular weight is 199 g/mol. The standard InChI is InChI=1S/C4H9NO4S2/c1-3(2,10)4(5)8-11(6,7)9-4/h10H,5H2,1-2H3. The minimum absolute atomic E-state index is 0.863. The summed E-state index contributed by atoms with van der Waals surface area (Å²) in [5, 5.41) is 0. The van der Waals surface area contributed by atoms with E-state index in [1.807, 2.05) is 0 Å². The maximum atomic E-state index is 10.4. The van der Waals surface area contributed by atoms with Gasteiger partial charge >= 0.3 is 10.4 Å². The molecule has 66 valence electrons. The van der Waals surface area contributed by atoms with E-state index in [0.717, 1.165) is 0 Å². The van der Waals surface area contributed by atoms with Crippen molar-refractivity contribution >= 4 is 23.0 Å². The molecule has 0 unspecified atom stereocenters. The number of hydrogen-bond acceptors (Lipinski definition) is 6. The molecule has 0 amide bonds. The van der Waals surface area contributed by atoms with Crippen LogP contribution in [0.1, 0.15) is 13.8 Å². The molecule has 0 saturated carbocycles. The Labute approximate surface area is 70.6 Å².